The number of ketones is 2. The van der Waals surface area contributed by atoms with Crippen LogP contribution in [0.4, 0.5) is 0 Å². The number of rotatable bonds is 10. The van der Waals surface area contributed by atoms with Crippen molar-refractivity contribution >= 4 is 23.7 Å². The van der Waals surface area contributed by atoms with Gasteiger partial charge in [-0.2, -0.15) is 0 Å². The summed E-state index contributed by atoms with van der Waals surface area (Å²) in [6.45, 7) is 25.3. The molecule has 4 heteroatoms. The van der Waals surface area contributed by atoms with Gasteiger partial charge in [-0.1, -0.05) is 83.1 Å². The number of nitrogens with one attached hydrogen (secondary N) is 2. The third-order valence-electron chi connectivity index (χ3n) is 7.63. The van der Waals surface area contributed by atoms with E-state index in [-0.39, 0.29) is 17.0 Å². The second kappa shape index (κ2) is 12.0. The van der Waals surface area contributed by atoms with Gasteiger partial charge in [0.1, 0.15) is 5.78 Å². The van der Waals surface area contributed by atoms with Crippen molar-refractivity contribution in [2.75, 3.05) is 0 Å². The Morgan fingerprint density at radius 1 is 0.811 bits per heavy atom. The van der Waals surface area contributed by atoms with Crippen LogP contribution in [0.3, 0.4) is 0 Å². The Morgan fingerprint density at radius 3 is 1.81 bits per heavy atom. The average molecular weight is 509 g/mol. The molecule has 0 aliphatic carbocycles. The van der Waals surface area contributed by atoms with E-state index in [2.05, 4.69) is 69.7 Å². The van der Waals surface area contributed by atoms with Gasteiger partial charge in [0, 0.05) is 45.4 Å². The second-order valence-corrected chi connectivity index (χ2v) is 13.5. The number of carbonyl (C=O) groups is 2. The molecule has 0 radical (unpaired) electrons. The topological polar surface area (TPSA) is 65.7 Å². The van der Waals surface area contributed by atoms with Gasteiger partial charge in [0.2, 0.25) is 0 Å². The molecular weight excluding hydrogens is 456 g/mol. The van der Waals surface area contributed by atoms with Crippen molar-refractivity contribution < 1.29 is 9.59 Å². The average Bonchev–Trinajstić information content (AvgIpc) is 3.31. The van der Waals surface area contributed by atoms with Crippen LogP contribution in [0, 0.1) is 22.7 Å². The smallest absolute Gasteiger partial charge is 0.163 e. The van der Waals surface area contributed by atoms with Crippen molar-refractivity contribution in [2.45, 2.75) is 114 Å². The molecular formula is C33H52N2O2. The van der Waals surface area contributed by atoms with Gasteiger partial charge < -0.3 is 9.97 Å². The van der Waals surface area contributed by atoms with Crippen LogP contribution < -0.4 is 10.7 Å². The molecule has 0 amide bonds. The molecule has 2 N–H and O–H groups in total. The van der Waals surface area contributed by atoms with Crippen molar-refractivity contribution in [1.29, 1.82) is 0 Å². The molecule has 2 rings (SSSR count). The SMILES string of the molecule is CCC(c1cc(CC(=O)C(C)(C)C)[nH]c1/C=c1\[nH]c(=CC(=O)C(C)(C)C)cc1C(CC)C(C)C)C(C)C. The van der Waals surface area contributed by atoms with E-state index in [0.29, 0.717) is 30.1 Å². The van der Waals surface area contributed by atoms with E-state index in [1.165, 1.54) is 11.1 Å². The molecule has 2 unspecified atom stereocenters. The molecule has 2 atom stereocenters. The van der Waals surface area contributed by atoms with Gasteiger partial charge in [-0.15, -0.1) is 0 Å². The van der Waals surface area contributed by atoms with E-state index in [4.69, 9.17) is 0 Å². The molecule has 2 aromatic rings. The predicted molar refractivity (Wildman–Crippen MR) is 157 cm³/mol. The molecule has 0 fully saturated rings. The molecule has 206 valence electrons. The summed E-state index contributed by atoms with van der Waals surface area (Å²) in [5, 5.41) is 1.90. The van der Waals surface area contributed by atoms with E-state index in [1.807, 2.05) is 41.5 Å². The monoisotopic (exact) mass is 508 g/mol. The Morgan fingerprint density at radius 2 is 1.35 bits per heavy atom. The minimum absolute atomic E-state index is 0.110. The van der Waals surface area contributed by atoms with Crippen LogP contribution in [-0.4, -0.2) is 21.5 Å². The Labute approximate surface area is 225 Å². The Hall–Kier alpha value is -2.36. The summed E-state index contributed by atoms with van der Waals surface area (Å²) in [6.07, 6.45) is 6.42. The second-order valence-electron chi connectivity index (χ2n) is 13.5. The largest absolute Gasteiger partial charge is 0.358 e. The zero-order valence-electron chi connectivity index (χ0n) is 25.6. The van der Waals surface area contributed by atoms with Crippen molar-refractivity contribution in [3.05, 3.63) is 45.3 Å². The van der Waals surface area contributed by atoms with Crippen molar-refractivity contribution in [3.63, 3.8) is 0 Å². The van der Waals surface area contributed by atoms with Crippen molar-refractivity contribution in [1.82, 2.24) is 9.97 Å². The van der Waals surface area contributed by atoms with Crippen LogP contribution in [-0.2, 0) is 16.0 Å². The van der Waals surface area contributed by atoms with Crippen LogP contribution in [0.1, 0.15) is 130 Å². The number of hydrogen-bond acceptors (Lipinski definition) is 2. The maximum absolute atomic E-state index is 12.9. The van der Waals surface area contributed by atoms with Gasteiger partial charge in [0.15, 0.2) is 5.78 Å². The van der Waals surface area contributed by atoms with E-state index in [0.717, 1.165) is 34.9 Å². The molecule has 2 aromatic heterocycles. The highest BCUT2D eigenvalue weighted by molar-refractivity contribution is 6.08. The first-order valence-electron chi connectivity index (χ1n) is 14.2. The first-order valence-corrected chi connectivity index (χ1v) is 14.2. The van der Waals surface area contributed by atoms with E-state index in [1.54, 1.807) is 6.08 Å². The number of aromatic nitrogens is 2. The summed E-state index contributed by atoms with van der Waals surface area (Å²) in [4.78, 5) is 32.9. The highest BCUT2D eigenvalue weighted by Gasteiger charge is 2.25. The molecule has 0 saturated carbocycles. The minimum Gasteiger partial charge on any atom is -0.358 e. The molecule has 2 heterocycles. The highest BCUT2D eigenvalue weighted by Crippen LogP contribution is 2.32. The Kier molecular flexibility index (Phi) is 10.0. The minimum atomic E-state index is -0.427. The molecule has 0 aliphatic rings. The van der Waals surface area contributed by atoms with Gasteiger partial charge in [-0.05, 0) is 65.8 Å². The lowest BCUT2D eigenvalue weighted by atomic mass is 9.85. The molecule has 0 aromatic carbocycles. The van der Waals surface area contributed by atoms with Crippen LogP contribution in [0.15, 0.2) is 12.1 Å². The number of aromatic amines is 2. The maximum atomic E-state index is 12.9. The fourth-order valence-corrected chi connectivity index (χ4v) is 5.12. The molecule has 37 heavy (non-hydrogen) atoms. The molecule has 0 saturated heterocycles. The fourth-order valence-electron chi connectivity index (χ4n) is 5.12. The summed E-state index contributed by atoms with van der Waals surface area (Å²) >= 11 is 0. The van der Waals surface area contributed by atoms with Crippen molar-refractivity contribution in [3.8, 4) is 0 Å². The van der Waals surface area contributed by atoms with Crippen LogP contribution in [0.25, 0.3) is 12.2 Å². The summed E-state index contributed by atoms with van der Waals surface area (Å²) in [5.74, 6) is 2.06. The van der Waals surface area contributed by atoms with Gasteiger partial charge >= 0.3 is 0 Å². The van der Waals surface area contributed by atoms with Crippen molar-refractivity contribution in [2.24, 2.45) is 22.7 Å². The third-order valence-corrected chi connectivity index (χ3v) is 7.63. The number of Topliss-reactive ketones (excluding diaryl/α,β-unsaturated/α-hetero) is 2. The maximum Gasteiger partial charge on any atom is 0.163 e. The van der Waals surface area contributed by atoms with Gasteiger partial charge in [-0.3, -0.25) is 9.59 Å². The number of H-pyrrole nitrogens is 2. The lowest BCUT2D eigenvalue weighted by Crippen LogP contribution is -2.22. The zero-order chi connectivity index (χ0) is 28.3. The first kappa shape index (κ1) is 30.9. The molecule has 0 spiro atoms. The lowest BCUT2D eigenvalue weighted by molar-refractivity contribution is -0.125. The standard InChI is InChI=1S/C33H52N2O2/c1-13-24(20(3)4)26-15-22(17-30(36)32(7,8)9)34-28(26)19-29-27(25(14-2)21(5)6)16-23(35-29)18-31(37)33(10,11)12/h15-17,19-21,24-25,34-35H,13-14,18H2,1-12H3/b22-17?,28-19-. The fraction of sp³-hybridized carbons (Fsp3) is 0.636. The molecule has 0 aliphatic heterocycles. The first-order chi connectivity index (χ1) is 17.0. The lowest BCUT2D eigenvalue weighted by Gasteiger charge is -2.19. The summed E-state index contributed by atoms with van der Waals surface area (Å²) in [6, 6.07) is 4.37. The Balaban J connectivity index is 2.80. The number of carbonyl (C=O) groups excluding carboxylic acids is 2. The highest BCUT2D eigenvalue weighted by atomic mass is 16.1. The van der Waals surface area contributed by atoms with Crippen LogP contribution >= 0.6 is 0 Å². The van der Waals surface area contributed by atoms with Crippen LogP contribution in [0.5, 0.6) is 0 Å². The Bertz CT molecular complexity index is 1190. The summed E-state index contributed by atoms with van der Waals surface area (Å²) in [7, 11) is 0. The quantitative estimate of drug-likeness (QED) is 0.362. The number of hydrogen-bond donors (Lipinski definition) is 2. The molecule has 0 bridgehead atoms. The van der Waals surface area contributed by atoms with E-state index >= 15 is 0 Å². The normalized spacial score (nSPS) is 15.6. The zero-order valence-corrected chi connectivity index (χ0v) is 25.6. The van der Waals surface area contributed by atoms with Gasteiger partial charge in [0.05, 0.1) is 0 Å². The summed E-state index contributed by atoms with van der Waals surface area (Å²) < 4.78 is 0. The van der Waals surface area contributed by atoms with E-state index in [9.17, 15) is 9.59 Å². The predicted octanol–water partition coefficient (Wildman–Crippen LogP) is 7.02. The third kappa shape index (κ3) is 7.82. The van der Waals surface area contributed by atoms with Gasteiger partial charge in [0.25, 0.3) is 0 Å². The van der Waals surface area contributed by atoms with Crippen LogP contribution in [0.2, 0.25) is 0 Å². The van der Waals surface area contributed by atoms with Gasteiger partial charge in [-0.25, -0.2) is 0 Å². The summed E-state index contributed by atoms with van der Waals surface area (Å²) in [5.41, 5.74) is 3.75. The molecule has 4 nitrogen and oxygen atoms in total. The van der Waals surface area contributed by atoms with E-state index < -0.39 is 5.41 Å².